The van der Waals surface area contributed by atoms with E-state index in [1.165, 1.54) is 36.4 Å². The van der Waals surface area contributed by atoms with Gasteiger partial charge in [0.05, 0.1) is 5.69 Å². The number of hydrogen-bond acceptors (Lipinski definition) is 4. The zero-order valence-corrected chi connectivity index (χ0v) is 17.4. The molecule has 2 aromatic rings. The van der Waals surface area contributed by atoms with Crippen molar-refractivity contribution in [2.45, 2.75) is 35.9 Å². The zero-order chi connectivity index (χ0) is 23.3. The van der Waals surface area contributed by atoms with E-state index in [1.807, 2.05) is 5.32 Å². The van der Waals surface area contributed by atoms with Gasteiger partial charge in [0.15, 0.2) is 0 Å². The molecular formula is C21H19F3N4O3S. The molecule has 0 spiro atoms. The van der Waals surface area contributed by atoms with Crippen LogP contribution in [0, 0.1) is 17.8 Å². The first-order valence-electron chi connectivity index (χ1n) is 9.62. The van der Waals surface area contributed by atoms with Crippen molar-refractivity contribution in [3.05, 3.63) is 53.1 Å². The Morgan fingerprint density at radius 2 is 1.78 bits per heavy atom. The number of nitrogens with two attached hydrogens (primary N) is 2. The molecule has 1 aliphatic heterocycles. The number of alkyl halides is 3. The molecule has 2 aliphatic rings. The summed E-state index contributed by atoms with van der Waals surface area (Å²) in [6.07, 6.45) is -3.11. The second kappa shape index (κ2) is 7.43. The molecule has 168 valence electrons. The lowest BCUT2D eigenvalue weighted by molar-refractivity contribution is -0.178. The summed E-state index contributed by atoms with van der Waals surface area (Å²) in [7, 11) is -3.97. The summed E-state index contributed by atoms with van der Waals surface area (Å²) < 4.78 is 65.4. The molecule has 1 aliphatic carbocycles. The van der Waals surface area contributed by atoms with Crippen LogP contribution in [-0.4, -0.2) is 20.6 Å². The Kier molecular flexibility index (Phi) is 5.10. The van der Waals surface area contributed by atoms with Crippen molar-refractivity contribution >= 4 is 27.4 Å². The fourth-order valence-electron chi connectivity index (χ4n) is 3.56. The number of fused-ring (bicyclic) bond motifs is 1. The fraction of sp³-hybridized carbons (Fsp3) is 0.286. The molecule has 0 saturated heterocycles. The van der Waals surface area contributed by atoms with E-state index < -0.39 is 27.8 Å². The van der Waals surface area contributed by atoms with Crippen LogP contribution in [0.4, 0.5) is 29.3 Å². The molecular weight excluding hydrogens is 445 g/mol. The van der Waals surface area contributed by atoms with Crippen LogP contribution >= 0.6 is 0 Å². The SMILES string of the molecule is Nc1cc(Cc2ccc3c(c2)NC(=O)N[C@]3(C#CC2CC2)C(F)(F)F)ccc1S(N)(=O)=O. The van der Waals surface area contributed by atoms with Crippen LogP contribution in [0.3, 0.4) is 0 Å². The molecule has 7 nitrogen and oxygen atoms in total. The van der Waals surface area contributed by atoms with Gasteiger partial charge in [0, 0.05) is 17.2 Å². The number of primary sulfonamides is 1. The molecule has 2 aromatic carbocycles. The molecule has 0 radical (unpaired) electrons. The molecule has 1 atom stereocenters. The first-order chi connectivity index (χ1) is 14.9. The van der Waals surface area contributed by atoms with Crippen LogP contribution in [-0.2, 0) is 22.0 Å². The summed E-state index contributed by atoms with van der Waals surface area (Å²) in [5.74, 6) is 4.83. The van der Waals surface area contributed by atoms with Crippen molar-refractivity contribution in [3.63, 3.8) is 0 Å². The number of halogens is 3. The molecule has 0 bridgehead atoms. The van der Waals surface area contributed by atoms with Gasteiger partial charge >= 0.3 is 12.2 Å². The van der Waals surface area contributed by atoms with Gasteiger partial charge in [0.2, 0.25) is 15.6 Å². The van der Waals surface area contributed by atoms with E-state index in [9.17, 15) is 26.4 Å². The molecule has 1 saturated carbocycles. The van der Waals surface area contributed by atoms with E-state index in [1.54, 1.807) is 0 Å². The average molecular weight is 464 g/mol. The molecule has 2 amide bonds. The Morgan fingerprint density at radius 3 is 2.38 bits per heavy atom. The lowest BCUT2D eigenvalue weighted by Crippen LogP contribution is -2.59. The van der Waals surface area contributed by atoms with Gasteiger partial charge in [-0.05, 0) is 48.6 Å². The van der Waals surface area contributed by atoms with E-state index in [0.717, 1.165) is 12.8 Å². The minimum atomic E-state index is -4.83. The Morgan fingerprint density at radius 1 is 1.12 bits per heavy atom. The first-order valence-corrected chi connectivity index (χ1v) is 11.2. The van der Waals surface area contributed by atoms with Crippen molar-refractivity contribution in [1.29, 1.82) is 0 Å². The standard InChI is InChI=1S/C21H19F3N4O3S/c22-21(23,24)20(8-7-12-1-2-12)15-5-3-14(11-17(15)27-19(29)28-20)9-13-4-6-18(16(25)10-13)32(26,30)31/h3-6,10-12H,1-2,9,25H2,(H2,26,30,31)(H2,27,28,29)/t20-/m0/s1. The van der Waals surface area contributed by atoms with Crippen LogP contribution in [0.25, 0.3) is 0 Å². The van der Waals surface area contributed by atoms with E-state index in [4.69, 9.17) is 10.9 Å². The highest BCUT2D eigenvalue weighted by Gasteiger charge is 2.59. The summed E-state index contributed by atoms with van der Waals surface area (Å²) in [5.41, 5.74) is 3.95. The third kappa shape index (κ3) is 4.11. The van der Waals surface area contributed by atoms with Gasteiger partial charge in [-0.3, -0.25) is 0 Å². The molecule has 4 rings (SSSR count). The van der Waals surface area contributed by atoms with Crippen LogP contribution in [0.1, 0.15) is 29.5 Å². The molecule has 0 aromatic heterocycles. The van der Waals surface area contributed by atoms with Crippen molar-refractivity contribution in [3.8, 4) is 11.8 Å². The number of rotatable bonds is 3. The van der Waals surface area contributed by atoms with Crippen LogP contribution in [0.2, 0.25) is 0 Å². The maximum atomic E-state index is 14.1. The minimum Gasteiger partial charge on any atom is -0.398 e. The second-order valence-electron chi connectivity index (χ2n) is 7.84. The maximum absolute atomic E-state index is 14.1. The van der Waals surface area contributed by atoms with Gasteiger partial charge < -0.3 is 16.4 Å². The Hall–Kier alpha value is -3.23. The minimum absolute atomic E-state index is 0.00259. The second-order valence-corrected chi connectivity index (χ2v) is 9.37. The van der Waals surface area contributed by atoms with Gasteiger partial charge in [0.25, 0.3) is 0 Å². The summed E-state index contributed by atoms with van der Waals surface area (Å²) >= 11 is 0. The third-order valence-corrected chi connectivity index (χ3v) is 6.28. The molecule has 1 heterocycles. The smallest absolute Gasteiger partial charge is 0.398 e. The predicted molar refractivity (Wildman–Crippen MR) is 112 cm³/mol. The topological polar surface area (TPSA) is 127 Å². The van der Waals surface area contributed by atoms with Crippen LogP contribution in [0.15, 0.2) is 41.3 Å². The third-order valence-electron chi connectivity index (χ3n) is 5.29. The van der Waals surface area contributed by atoms with Crippen molar-refractivity contribution in [2.24, 2.45) is 11.1 Å². The lowest BCUT2D eigenvalue weighted by Gasteiger charge is -2.37. The highest BCUT2D eigenvalue weighted by molar-refractivity contribution is 7.89. The normalized spacial score (nSPS) is 20.4. The number of sulfonamides is 1. The number of urea groups is 1. The van der Waals surface area contributed by atoms with E-state index in [-0.39, 0.29) is 34.2 Å². The van der Waals surface area contributed by atoms with Crippen LogP contribution in [0.5, 0.6) is 0 Å². The number of nitrogens with one attached hydrogen (secondary N) is 2. The zero-order valence-electron chi connectivity index (χ0n) is 16.6. The van der Waals surface area contributed by atoms with Gasteiger partial charge in [-0.25, -0.2) is 18.4 Å². The van der Waals surface area contributed by atoms with Crippen molar-refractivity contribution in [2.75, 3.05) is 11.1 Å². The van der Waals surface area contributed by atoms with E-state index in [2.05, 4.69) is 17.2 Å². The fourth-order valence-corrected chi connectivity index (χ4v) is 4.20. The molecule has 11 heteroatoms. The molecule has 0 unspecified atom stereocenters. The van der Waals surface area contributed by atoms with E-state index in [0.29, 0.717) is 11.1 Å². The summed E-state index contributed by atoms with van der Waals surface area (Å²) in [5, 5.41) is 9.49. The van der Waals surface area contributed by atoms with Gasteiger partial charge in [-0.15, -0.1) is 0 Å². The largest absolute Gasteiger partial charge is 0.427 e. The number of amides is 2. The molecule has 1 fully saturated rings. The van der Waals surface area contributed by atoms with Gasteiger partial charge in [0.1, 0.15) is 4.90 Å². The van der Waals surface area contributed by atoms with Crippen LogP contribution < -0.4 is 21.5 Å². The highest BCUT2D eigenvalue weighted by atomic mass is 32.2. The maximum Gasteiger partial charge on any atom is 0.427 e. The van der Waals surface area contributed by atoms with Gasteiger partial charge in [-0.1, -0.05) is 30.0 Å². The summed E-state index contributed by atoms with van der Waals surface area (Å²) in [6.45, 7) is 0. The summed E-state index contributed by atoms with van der Waals surface area (Å²) in [6, 6.07) is 7.44. The average Bonchev–Trinajstić information content (AvgIpc) is 3.48. The lowest BCUT2D eigenvalue weighted by atomic mass is 9.85. The Balaban J connectivity index is 1.71. The highest BCUT2D eigenvalue weighted by Crippen LogP contribution is 2.44. The molecule has 32 heavy (non-hydrogen) atoms. The number of carbonyl (C=O) groups excluding carboxylic acids is 1. The van der Waals surface area contributed by atoms with E-state index >= 15 is 0 Å². The summed E-state index contributed by atoms with van der Waals surface area (Å²) in [4.78, 5) is 11.9. The monoisotopic (exact) mass is 464 g/mol. The first kappa shape index (κ1) is 22.0. The number of benzene rings is 2. The Bertz CT molecular complexity index is 1280. The quantitative estimate of drug-likeness (QED) is 0.411. The van der Waals surface area contributed by atoms with Crippen molar-refractivity contribution < 1.29 is 26.4 Å². The Labute approximate surface area is 182 Å². The number of hydrogen-bond donors (Lipinski definition) is 4. The predicted octanol–water partition coefficient (Wildman–Crippen LogP) is 2.81. The number of carbonyl (C=O) groups is 1. The molecule has 6 N–H and O–H groups in total. The van der Waals surface area contributed by atoms with Gasteiger partial charge in [-0.2, -0.15) is 13.2 Å². The number of anilines is 2. The number of nitrogen functional groups attached to an aromatic ring is 1. The van der Waals surface area contributed by atoms with Crippen molar-refractivity contribution in [1.82, 2.24) is 5.32 Å².